The fraction of sp³-hybridized carbons (Fsp3) is 0.471. The SMILES string of the molecule is O=C(NC1CCN(c2nc(-c3cccc(Cl)c3)no2)CC1)C1CC1. The molecule has 2 aliphatic rings. The second-order valence-electron chi connectivity index (χ2n) is 6.46. The Bertz CT molecular complexity index is 736. The Kier molecular flexibility index (Phi) is 4.14. The summed E-state index contributed by atoms with van der Waals surface area (Å²) in [5.41, 5.74) is 0.837. The number of halogens is 1. The molecule has 7 heteroatoms. The Labute approximate surface area is 145 Å². The molecular formula is C17H19ClN4O2. The van der Waals surface area contributed by atoms with Gasteiger partial charge in [-0.1, -0.05) is 28.9 Å². The summed E-state index contributed by atoms with van der Waals surface area (Å²) in [6.45, 7) is 1.60. The Morgan fingerprint density at radius 1 is 1.25 bits per heavy atom. The molecule has 1 aromatic carbocycles. The van der Waals surface area contributed by atoms with E-state index >= 15 is 0 Å². The van der Waals surface area contributed by atoms with Crippen molar-refractivity contribution in [1.82, 2.24) is 15.5 Å². The minimum atomic E-state index is 0.217. The van der Waals surface area contributed by atoms with Crippen molar-refractivity contribution in [3.8, 4) is 11.4 Å². The van der Waals surface area contributed by atoms with Crippen molar-refractivity contribution in [2.45, 2.75) is 31.7 Å². The molecule has 4 rings (SSSR count). The lowest BCUT2D eigenvalue weighted by molar-refractivity contribution is -0.123. The summed E-state index contributed by atoms with van der Waals surface area (Å²) in [5.74, 6) is 1.02. The van der Waals surface area contributed by atoms with Gasteiger partial charge in [0.05, 0.1) is 0 Å². The maximum absolute atomic E-state index is 11.8. The van der Waals surface area contributed by atoms with Crippen LogP contribution < -0.4 is 10.2 Å². The number of benzene rings is 1. The van der Waals surface area contributed by atoms with E-state index in [1.807, 2.05) is 24.3 Å². The van der Waals surface area contributed by atoms with Crippen LogP contribution in [-0.2, 0) is 4.79 Å². The van der Waals surface area contributed by atoms with Crippen molar-refractivity contribution >= 4 is 23.5 Å². The van der Waals surface area contributed by atoms with Gasteiger partial charge >= 0.3 is 6.01 Å². The first-order valence-corrected chi connectivity index (χ1v) is 8.72. The zero-order valence-electron chi connectivity index (χ0n) is 13.2. The predicted molar refractivity (Wildman–Crippen MR) is 90.8 cm³/mol. The van der Waals surface area contributed by atoms with Crippen molar-refractivity contribution in [3.63, 3.8) is 0 Å². The topological polar surface area (TPSA) is 71.3 Å². The number of rotatable bonds is 4. The van der Waals surface area contributed by atoms with Crippen molar-refractivity contribution in [2.75, 3.05) is 18.0 Å². The second-order valence-corrected chi connectivity index (χ2v) is 6.89. The van der Waals surface area contributed by atoms with E-state index in [-0.39, 0.29) is 17.9 Å². The van der Waals surface area contributed by atoms with Crippen molar-refractivity contribution in [1.29, 1.82) is 0 Å². The molecule has 1 aromatic heterocycles. The van der Waals surface area contributed by atoms with Gasteiger partial charge in [-0.25, -0.2) is 0 Å². The first-order chi connectivity index (χ1) is 11.7. The molecule has 0 atom stereocenters. The van der Waals surface area contributed by atoms with Gasteiger partial charge in [-0.3, -0.25) is 4.79 Å². The van der Waals surface area contributed by atoms with Gasteiger partial charge in [0.2, 0.25) is 11.7 Å². The molecule has 0 bridgehead atoms. The lowest BCUT2D eigenvalue weighted by atomic mass is 10.1. The highest BCUT2D eigenvalue weighted by Crippen LogP contribution is 2.29. The van der Waals surface area contributed by atoms with Crippen LogP contribution in [0.4, 0.5) is 6.01 Å². The lowest BCUT2D eigenvalue weighted by Gasteiger charge is -2.30. The number of aromatic nitrogens is 2. The normalized spacial score (nSPS) is 18.6. The molecule has 1 saturated carbocycles. The van der Waals surface area contributed by atoms with Crippen LogP contribution in [0.3, 0.4) is 0 Å². The molecule has 1 aliphatic heterocycles. The molecule has 126 valence electrons. The summed E-state index contributed by atoms with van der Waals surface area (Å²) in [4.78, 5) is 18.4. The minimum Gasteiger partial charge on any atom is -0.353 e. The van der Waals surface area contributed by atoms with E-state index < -0.39 is 0 Å². The summed E-state index contributed by atoms with van der Waals surface area (Å²) in [6, 6.07) is 8.17. The number of carbonyl (C=O) groups is 1. The summed E-state index contributed by atoms with van der Waals surface area (Å²) in [7, 11) is 0. The third-order valence-corrected chi connectivity index (χ3v) is 4.79. The third kappa shape index (κ3) is 3.38. The van der Waals surface area contributed by atoms with Crippen LogP contribution in [0.1, 0.15) is 25.7 Å². The van der Waals surface area contributed by atoms with Crippen molar-refractivity contribution in [2.24, 2.45) is 5.92 Å². The zero-order chi connectivity index (χ0) is 16.5. The number of amides is 1. The van der Waals surface area contributed by atoms with E-state index in [2.05, 4.69) is 20.4 Å². The quantitative estimate of drug-likeness (QED) is 0.921. The highest BCUT2D eigenvalue weighted by molar-refractivity contribution is 6.30. The average Bonchev–Trinajstić information content (AvgIpc) is 3.33. The van der Waals surface area contributed by atoms with Gasteiger partial charge in [-0.2, -0.15) is 4.98 Å². The van der Waals surface area contributed by atoms with E-state index in [1.54, 1.807) is 0 Å². The van der Waals surface area contributed by atoms with E-state index in [0.29, 0.717) is 16.9 Å². The largest absolute Gasteiger partial charge is 0.353 e. The van der Waals surface area contributed by atoms with Gasteiger partial charge in [0, 0.05) is 35.6 Å². The maximum atomic E-state index is 11.8. The molecule has 1 N–H and O–H groups in total. The first kappa shape index (κ1) is 15.4. The zero-order valence-corrected chi connectivity index (χ0v) is 14.0. The molecule has 6 nitrogen and oxygen atoms in total. The van der Waals surface area contributed by atoms with Crippen molar-refractivity contribution in [3.05, 3.63) is 29.3 Å². The van der Waals surface area contributed by atoms with Gasteiger partial charge in [-0.15, -0.1) is 0 Å². The first-order valence-electron chi connectivity index (χ1n) is 8.34. The fourth-order valence-corrected chi connectivity index (χ4v) is 3.16. The summed E-state index contributed by atoms with van der Waals surface area (Å²) in [5, 5.41) is 7.83. The molecule has 24 heavy (non-hydrogen) atoms. The van der Waals surface area contributed by atoms with Gasteiger partial charge in [0.1, 0.15) is 0 Å². The Hall–Kier alpha value is -2.08. The van der Waals surface area contributed by atoms with Gasteiger partial charge in [0.15, 0.2) is 0 Å². The van der Waals surface area contributed by atoms with Gasteiger partial charge in [-0.05, 0) is 37.8 Å². The monoisotopic (exact) mass is 346 g/mol. The number of nitrogens with one attached hydrogen (secondary N) is 1. The van der Waals surface area contributed by atoms with Crippen LogP contribution in [0, 0.1) is 5.92 Å². The average molecular weight is 347 g/mol. The number of piperidine rings is 1. The molecule has 0 radical (unpaired) electrons. The number of hydrogen-bond donors (Lipinski definition) is 1. The molecule has 1 amide bonds. The van der Waals surface area contributed by atoms with Crippen molar-refractivity contribution < 1.29 is 9.32 Å². The Morgan fingerprint density at radius 2 is 2.04 bits per heavy atom. The van der Waals surface area contributed by atoms with Crippen LogP contribution >= 0.6 is 11.6 Å². The van der Waals surface area contributed by atoms with E-state index in [4.69, 9.17) is 16.1 Å². The van der Waals surface area contributed by atoms with E-state index in [0.717, 1.165) is 44.3 Å². The summed E-state index contributed by atoms with van der Waals surface area (Å²) >= 11 is 6.00. The molecule has 2 fully saturated rings. The number of nitrogens with zero attached hydrogens (tertiary/aromatic N) is 3. The molecule has 0 spiro atoms. The predicted octanol–water partition coefficient (Wildman–Crippen LogP) is 2.89. The molecule has 2 heterocycles. The van der Waals surface area contributed by atoms with E-state index in [1.165, 1.54) is 0 Å². The Morgan fingerprint density at radius 3 is 2.75 bits per heavy atom. The number of carbonyl (C=O) groups excluding carboxylic acids is 1. The Balaban J connectivity index is 1.36. The number of hydrogen-bond acceptors (Lipinski definition) is 5. The van der Waals surface area contributed by atoms with Crippen LogP contribution in [0.25, 0.3) is 11.4 Å². The minimum absolute atomic E-state index is 0.217. The van der Waals surface area contributed by atoms with Crippen LogP contribution in [0.2, 0.25) is 5.02 Å². The highest BCUT2D eigenvalue weighted by atomic mass is 35.5. The standard InChI is InChI=1S/C17H19ClN4O2/c18-13-3-1-2-12(10-13)15-20-17(24-21-15)22-8-6-14(7-9-22)19-16(23)11-4-5-11/h1-3,10-11,14H,4-9H2,(H,19,23). The molecule has 0 unspecified atom stereocenters. The molecule has 1 aliphatic carbocycles. The van der Waals surface area contributed by atoms with Crippen LogP contribution in [0.5, 0.6) is 0 Å². The number of anilines is 1. The third-order valence-electron chi connectivity index (χ3n) is 4.56. The maximum Gasteiger partial charge on any atom is 0.324 e. The fourth-order valence-electron chi connectivity index (χ4n) is 2.97. The van der Waals surface area contributed by atoms with Crippen LogP contribution in [-0.4, -0.2) is 35.2 Å². The van der Waals surface area contributed by atoms with Crippen LogP contribution in [0.15, 0.2) is 28.8 Å². The van der Waals surface area contributed by atoms with Gasteiger partial charge < -0.3 is 14.7 Å². The second kappa shape index (κ2) is 6.43. The van der Waals surface area contributed by atoms with E-state index in [9.17, 15) is 4.79 Å². The summed E-state index contributed by atoms with van der Waals surface area (Å²) in [6.07, 6.45) is 3.87. The lowest BCUT2D eigenvalue weighted by Crippen LogP contribution is -2.45. The molecule has 2 aromatic rings. The highest BCUT2D eigenvalue weighted by Gasteiger charge is 2.32. The summed E-state index contributed by atoms with van der Waals surface area (Å²) < 4.78 is 5.40. The molecule has 1 saturated heterocycles. The molecular weight excluding hydrogens is 328 g/mol. The smallest absolute Gasteiger partial charge is 0.324 e. The van der Waals surface area contributed by atoms with Gasteiger partial charge in [0.25, 0.3) is 0 Å².